The van der Waals surface area contributed by atoms with Gasteiger partial charge in [-0.05, 0) is 36.6 Å². The van der Waals surface area contributed by atoms with Gasteiger partial charge in [-0.25, -0.2) is 4.39 Å². The summed E-state index contributed by atoms with van der Waals surface area (Å²) in [5.74, 6) is -0.192. The molecule has 0 radical (unpaired) electrons. The van der Waals surface area contributed by atoms with Crippen LogP contribution in [0.5, 0.6) is 0 Å². The summed E-state index contributed by atoms with van der Waals surface area (Å²) in [5.41, 5.74) is 2.85. The van der Waals surface area contributed by atoms with Crippen molar-refractivity contribution in [2.24, 2.45) is 0 Å². The topological polar surface area (TPSA) is 12.0 Å². The van der Waals surface area contributed by atoms with Crippen molar-refractivity contribution in [1.82, 2.24) is 0 Å². The fraction of sp³-hybridized carbons (Fsp3) is 0.294. The number of aryl methyl sites for hydroxylation is 1. The Balaban J connectivity index is 2.24. The molecule has 2 heteroatoms. The molecule has 2 rings (SSSR count). The van der Waals surface area contributed by atoms with E-state index in [0.29, 0.717) is 5.69 Å². The van der Waals surface area contributed by atoms with Crippen LogP contribution in [0.25, 0.3) is 0 Å². The molecule has 1 N–H and O–H groups in total. The summed E-state index contributed by atoms with van der Waals surface area (Å²) >= 11 is 0. The fourth-order valence-corrected chi connectivity index (χ4v) is 2.23. The predicted octanol–water partition coefficient (Wildman–Crippen LogP) is 5.09. The van der Waals surface area contributed by atoms with Crippen LogP contribution < -0.4 is 5.32 Å². The zero-order chi connectivity index (χ0) is 13.7. The molecule has 100 valence electrons. The number of hydrogen-bond donors (Lipinski definition) is 1. The first-order valence-corrected chi connectivity index (χ1v) is 6.78. The minimum atomic E-state index is -0.192. The molecule has 2 aromatic rings. The normalized spacial score (nSPS) is 12.2. The van der Waals surface area contributed by atoms with Crippen molar-refractivity contribution >= 4 is 5.69 Å². The first kappa shape index (κ1) is 13.6. The summed E-state index contributed by atoms with van der Waals surface area (Å²) in [4.78, 5) is 0. The van der Waals surface area contributed by atoms with E-state index in [1.54, 1.807) is 6.07 Å². The van der Waals surface area contributed by atoms with E-state index in [0.717, 1.165) is 18.4 Å². The van der Waals surface area contributed by atoms with E-state index in [-0.39, 0.29) is 11.9 Å². The van der Waals surface area contributed by atoms with E-state index in [4.69, 9.17) is 0 Å². The highest BCUT2D eigenvalue weighted by Gasteiger charge is 2.12. The van der Waals surface area contributed by atoms with Gasteiger partial charge in [0.15, 0.2) is 0 Å². The van der Waals surface area contributed by atoms with Gasteiger partial charge in [0.2, 0.25) is 0 Å². The second-order valence-electron chi connectivity index (χ2n) is 4.88. The molecule has 0 saturated carbocycles. The Morgan fingerprint density at radius 1 is 1.11 bits per heavy atom. The van der Waals surface area contributed by atoms with Crippen LogP contribution in [0.1, 0.15) is 36.9 Å². The van der Waals surface area contributed by atoms with E-state index in [9.17, 15) is 4.39 Å². The molecule has 2 aromatic carbocycles. The minimum absolute atomic E-state index is 0.155. The number of halogens is 1. The molecular weight excluding hydrogens is 237 g/mol. The molecule has 0 aromatic heterocycles. The highest BCUT2D eigenvalue weighted by Crippen LogP contribution is 2.26. The molecule has 0 saturated heterocycles. The van der Waals surface area contributed by atoms with E-state index < -0.39 is 0 Å². The standard InChI is InChI=1S/C17H20FN/c1-3-7-16(14-8-5-4-6-9-14)19-17-12-13(2)10-11-15(17)18/h4-6,8-12,16,19H,3,7H2,1-2H3. The SMILES string of the molecule is CCCC(Nc1cc(C)ccc1F)c1ccccc1. The van der Waals surface area contributed by atoms with Gasteiger partial charge >= 0.3 is 0 Å². The Bertz CT molecular complexity index is 522. The van der Waals surface area contributed by atoms with Crippen LogP contribution in [-0.4, -0.2) is 0 Å². The molecule has 0 spiro atoms. The molecule has 0 amide bonds. The largest absolute Gasteiger partial charge is 0.376 e. The van der Waals surface area contributed by atoms with E-state index in [2.05, 4.69) is 24.4 Å². The molecule has 19 heavy (non-hydrogen) atoms. The van der Waals surface area contributed by atoms with Crippen LogP contribution in [0.15, 0.2) is 48.5 Å². The summed E-state index contributed by atoms with van der Waals surface area (Å²) < 4.78 is 13.8. The van der Waals surface area contributed by atoms with E-state index in [1.807, 2.05) is 31.2 Å². The van der Waals surface area contributed by atoms with Crippen molar-refractivity contribution in [1.29, 1.82) is 0 Å². The first-order chi connectivity index (χ1) is 9.20. The number of hydrogen-bond acceptors (Lipinski definition) is 1. The highest BCUT2D eigenvalue weighted by atomic mass is 19.1. The second kappa shape index (κ2) is 6.37. The number of benzene rings is 2. The summed E-state index contributed by atoms with van der Waals surface area (Å²) in [7, 11) is 0. The van der Waals surface area contributed by atoms with Crippen molar-refractivity contribution in [2.45, 2.75) is 32.7 Å². The molecule has 0 heterocycles. The maximum absolute atomic E-state index is 13.8. The summed E-state index contributed by atoms with van der Waals surface area (Å²) in [5, 5.41) is 3.33. The molecule has 0 bridgehead atoms. The Kier molecular flexibility index (Phi) is 4.56. The Morgan fingerprint density at radius 3 is 2.53 bits per heavy atom. The van der Waals surface area contributed by atoms with E-state index >= 15 is 0 Å². The number of rotatable bonds is 5. The van der Waals surface area contributed by atoms with Crippen LogP contribution in [0.2, 0.25) is 0 Å². The minimum Gasteiger partial charge on any atom is -0.376 e. The van der Waals surface area contributed by atoms with Gasteiger partial charge in [-0.2, -0.15) is 0 Å². The van der Waals surface area contributed by atoms with Crippen LogP contribution in [-0.2, 0) is 0 Å². The van der Waals surface area contributed by atoms with Gasteiger partial charge in [0.05, 0.1) is 11.7 Å². The van der Waals surface area contributed by atoms with Crippen LogP contribution >= 0.6 is 0 Å². The molecule has 1 nitrogen and oxygen atoms in total. The predicted molar refractivity (Wildman–Crippen MR) is 78.9 cm³/mol. The lowest BCUT2D eigenvalue weighted by Crippen LogP contribution is -2.11. The van der Waals surface area contributed by atoms with Crippen molar-refractivity contribution in [3.05, 3.63) is 65.5 Å². The number of anilines is 1. The monoisotopic (exact) mass is 257 g/mol. The second-order valence-corrected chi connectivity index (χ2v) is 4.88. The van der Waals surface area contributed by atoms with Gasteiger partial charge in [-0.3, -0.25) is 0 Å². The average molecular weight is 257 g/mol. The van der Waals surface area contributed by atoms with Crippen LogP contribution in [0.4, 0.5) is 10.1 Å². The van der Waals surface area contributed by atoms with Gasteiger partial charge in [0.25, 0.3) is 0 Å². The Morgan fingerprint density at radius 2 is 1.84 bits per heavy atom. The van der Waals surface area contributed by atoms with Crippen molar-refractivity contribution < 1.29 is 4.39 Å². The molecule has 0 fully saturated rings. The summed E-state index contributed by atoms with van der Waals surface area (Å²) in [6, 6.07) is 15.5. The van der Waals surface area contributed by atoms with Crippen molar-refractivity contribution in [3.8, 4) is 0 Å². The lowest BCUT2D eigenvalue weighted by Gasteiger charge is -2.20. The molecule has 0 aliphatic heterocycles. The first-order valence-electron chi connectivity index (χ1n) is 6.78. The zero-order valence-corrected chi connectivity index (χ0v) is 11.5. The fourth-order valence-electron chi connectivity index (χ4n) is 2.23. The molecule has 0 aliphatic carbocycles. The summed E-state index contributed by atoms with van der Waals surface area (Å²) in [6.07, 6.45) is 2.04. The molecule has 0 aliphatic rings. The van der Waals surface area contributed by atoms with Gasteiger partial charge in [0.1, 0.15) is 5.82 Å². The number of nitrogens with one attached hydrogen (secondary N) is 1. The van der Waals surface area contributed by atoms with Crippen LogP contribution in [0, 0.1) is 12.7 Å². The van der Waals surface area contributed by atoms with Crippen LogP contribution in [0.3, 0.4) is 0 Å². The van der Waals surface area contributed by atoms with E-state index in [1.165, 1.54) is 11.6 Å². The van der Waals surface area contributed by atoms with Gasteiger partial charge in [0, 0.05) is 0 Å². The molecular formula is C17H20FN. The average Bonchev–Trinajstić information content (AvgIpc) is 2.43. The zero-order valence-electron chi connectivity index (χ0n) is 11.5. The molecule has 1 unspecified atom stereocenters. The Hall–Kier alpha value is -1.83. The van der Waals surface area contributed by atoms with Crippen molar-refractivity contribution in [3.63, 3.8) is 0 Å². The maximum atomic E-state index is 13.8. The maximum Gasteiger partial charge on any atom is 0.146 e. The van der Waals surface area contributed by atoms with Crippen molar-refractivity contribution in [2.75, 3.05) is 5.32 Å². The summed E-state index contributed by atoms with van der Waals surface area (Å²) in [6.45, 7) is 4.12. The third-order valence-corrected chi connectivity index (χ3v) is 3.23. The lowest BCUT2D eigenvalue weighted by atomic mass is 10.0. The van der Waals surface area contributed by atoms with Gasteiger partial charge in [-0.15, -0.1) is 0 Å². The quantitative estimate of drug-likeness (QED) is 0.787. The lowest BCUT2D eigenvalue weighted by molar-refractivity contribution is 0.617. The van der Waals surface area contributed by atoms with Gasteiger partial charge in [-0.1, -0.05) is 49.7 Å². The molecule has 1 atom stereocenters. The highest BCUT2D eigenvalue weighted by molar-refractivity contribution is 5.49. The third-order valence-electron chi connectivity index (χ3n) is 3.23. The Labute approximate surface area is 114 Å². The smallest absolute Gasteiger partial charge is 0.146 e. The third kappa shape index (κ3) is 3.57. The van der Waals surface area contributed by atoms with Gasteiger partial charge < -0.3 is 5.32 Å².